The van der Waals surface area contributed by atoms with E-state index in [9.17, 15) is 9.59 Å². The average molecular weight is 437 g/mol. The van der Waals surface area contributed by atoms with Crippen LogP contribution in [0.3, 0.4) is 0 Å². The van der Waals surface area contributed by atoms with E-state index in [0.717, 1.165) is 55.0 Å². The summed E-state index contributed by atoms with van der Waals surface area (Å²) in [6.45, 7) is 6.73. The van der Waals surface area contributed by atoms with Crippen LogP contribution in [0.2, 0.25) is 0 Å². The van der Waals surface area contributed by atoms with Gasteiger partial charge in [0.05, 0.1) is 22.3 Å². The second kappa shape index (κ2) is 8.50. The third-order valence-electron chi connectivity index (χ3n) is 6.63. The van der Waals surface area contributed by atoms with Crippen LogP contribution in [0.15, 0.2) is 23.1 Å². The van der Waals surface area contributed by atoms with Crippen molar-refractivity contribution in [3.63, 3.8) is 0 Å². The Morgan fingerprint density at radius 1 is 1.16 bits per heavy atom. The molecule has 4 rings (SSSR count). The lowest BCUT2D eigenvalue weighted by molar-refractivity contribution is 0.0825. The minimum atomic E-state index is -0.0690. The molecule has 8 heteroatoms. The number of fused-ring (bicyclic) bond motifs is 1. The lowest BCUT2D eigenvalue weighted by Crippen LogP contribution is -2.35. The average Bonchev–Trinajstić information content (AvgIpc) is 2.97. The molecular weight excluding hydrogens is 404 g/mol. The van der Waals surface area contributed by atoms with Crippen molar-refractivity contribution in [3.05, 3.63) is 57.0 Å². The third-order valence-corrected chi connectivity index (χ3v) is 6.63. The van der Waals surface area contributed by atoms with E-state index in [-0.39, 0.29) is 17.5 Å². The van der Waals surface area contributed by atoms with Gasteiger partial charge in [0.2, 0.25) is 0 Å². The van der Waals surface area contributed by atoms with Crippen molar-refractivity contribution >= 4 is 16.9 Å². The van der Waals surface area contributed by atoms with Crippen molar-refractivity contribution < 1.29 is 4.79 Å². The summed E-state index contributed by atoms with van der Waals surface area (Å²) in [5.41, 5.74) is 5.65. The van der Waals surface area contributed by atoms with E-state index < -0.39 is 0 Å². The number of hydrogen-bond donors (Lipinski definition) is 0. The third kappa shape index (κ3) is 3.95. The summed E-state index contributed by atoms with van der Waals surface area (Å²) < 4.78 is 3.41. The number of nitrogens with zero attached hydrogens (tertiary/aromatic N) is 6. The van der Waals surface area contributed by atoms with Gasteiger partial charge in [-0.1, -0.05) is 0 Å². The van der Waals surface area contributed by atoms with Gasteiger partial charge < -0.3 is 4.90 Å². The van der Waals surface area contributed by atoms with E-state index in [2.05, 4.69) is 28.9 Å². The lowest BCUT2D eigenvalue weighted by Gasteiger charge is -2.32. The van der Waals surface area contributed by atoms with Crippen molar-refractivity contribution in [3.8, 4) is 0 Å². The Labute approximate surface area is 188 Å². The summed E-state index contributed by atoms with van der Waals surface area (Å²) in [5.74, 6) is 0.997. The first-order valence-corrected chi connectivity index (χ1v) is 11.1. The predicted octanol–water partition coefficient (Wildman–Crippen LogP) is 2.37. The van der Waals surface area contributed by atoms with Crippen LogP contribution in [0.1, 0.15) is 51.8 Å². The number of carbonyl (C=O) groups excluding carboxylic acids is 1. The normalized spacial score (nSPS) is 17.1. The number of aromatic nitrogens is 4. The summed E-state index contributed by atoms with van der Waals surface area (Å²) >= 11 is 0. The quantitative estimate of drug-likeness (QED) is 0.628. The van der Waals surface area contributed by atoms with Crippen LogP contribution >= 0.6 is 0 Å². The molecule has 3 aromatic rings. The van der Waals surface area contributed by atoms with Crippen LogP contribution < -0.4 is 5.69 Å². The maximum Gasteiger partial charge on any atom is 0.328 e. The molecule has 1 aliphatic heterocycles. The van der Waals surface area contributed by atoms with Gasteiger partial charge in [0.25, 0.3) is 5.91 Å². The maximum absolute atomic E-state index is 12.3. The molecule has 1 amide bonds. The molecule has 0 aliphatic carbocycles. The second-order valence-electron chi connectivity index (χ2n) is 9.17. The number of piperidine rings is 1. The number of amides is 1. The van der Waals surface area contributed by atoms with Gasteiger partial charge in [0, 0.05) is 53.4 Å². The minimum absolute atomic E-state index is 0.00157. The Morgan fingerprint density at radius 3 is 2.50 bits per heavy atom. The standard InChI is InChI=1S/C24H32N6O2/c1-15-10-20-21(29(6)24(32)28(20)5)11-18(15)14-30-9-7-8-17(13-30)22-25-12-19(16(2)26-22)23(31)27(3)4/h10-12,17H,7-9,13-14H2,1-6H3/t17-/m0/s1. The number of benzene rings is 1. The highest BCUT2D eigenvalue weighted by Crippen LogP contribution is 2.27. The van der Waals surface area contributed by atoms with Gasteiger partial charge in [0.1, 0.15) is 5.82 Å². The molecule has 0 saturated carbocycles. The molecule has 8 nitrogen and oxygen atoms in total. The number of rotatable bonds is 4. The van der Waals surface area contributed by atoms with Gasteiger partial charge in [0.15, 0.2) is 0 Å². The number of carbonyl (C=O) groups is 1. The van der Waals surface area contributed by atoms with Crippen molar-refractivity contribution in [2.45, 2.75) is 39.2 Å². The van der Waals surface area contributed by atoms with Gasteiger partial charge in [-0.05, 0) is 56.5 Å². The molecule has 0 radical (unpaired) electrons. The smallest absolute Gasteiger partial charge is 0.328 e. The molecule has 170 valence electrons. The van der Waals surface area contributed by atoms with E-state index in [0.29, 0.717) is 5.56 Å². The van der Waals surface area contributed by atoms with Gasteiger partial charge in [-0.25, -0.2) is 14.8 Å². The maximum atomic E-state index is 12.3. The van der Waals surface area contributed by atoms with E-state index >= 15 is 0 Å². The number of hydrogen-bond acceptors (Lipinski definition) is 5. The van der Waals surface area contributed by atoms with Gasteiger partial charge in [-0.3, -0.25) is 18.8 Å². The zero-order chi connectivity index (χ0) is 23.2. The van der Waals surface area contributed by atoms with Crippen LogP contribution in [0.4, 0.5) is 0 Å². The number of imidazole rings is 1. The van der Waals surface area contributed by atoms with Crippen molar-refractivity contribution in [2.24, 2.45) is 14.1 Å². The first kappa shape index (κ1) is 22.2. The fourth-order valence-electron chi connectivity index (χ4n) is 4.65. The summed E-state index contributed by atoms with van der Waals surface area (Å²) in [4.78, 5) is 37.9. The molecule has 1 saturated heterocycles. The van der Waals surface area contributed by atoms with Crippen LogP contribution in [-0.2, 0) is 20.6 Å². The van der Waals surface area contributed by atoms with Gasteiger partial charge in [-0.15, -0.1) is 0 Å². The molecular formula is C24H32N6O2. The Balaban J connectivity index is 1.54. The number of aryl methyl sites for hydroxylation is 4. The van der Waals surface area contributed by atoms with Crippen molar-refractivity contribution in [1.82, 2.24) is 28.9 Å². The molecule has 0 spiro atoms. The molecule has 0 bridgehead atoms. The largest absolute Gasteiger partial charge is 0.345 e. The van der Waals surface area contributed by atoms with Gasteiger partial charge >= 0.3 is 5.69 Å². The summed E-state index contributed by atoms with van der Waals surface area (Å²) in [7, 11) is 7.12. The first-order valence-electron chi connectivity index (χ1n) is 11.1. The molecule has 0 N–H and O–H groups in total. The minimum Gasteiger partial charge on any atom is -0.345 e. The Bertz CT molecular complexity index is 1240. The van der Waals surface area contributed by atoms with E-state index in [4.69, 9.17) is 4.98 Å². The van der Waals surface area contributed by atoms with E-state index in [1.165, 1.54) is 11.1 Å². The van der Waals surface area contributed by atoms with Crippen LogP contribution in [0.25, 0.3) is 11.0 Å². The highest BCUT2D eigenvalue weighted by molar-refractivity contribution is 5.94. The monoisotopic (exact) mass is 436 g/mol. The van der Waals surface area contributed by atoms with Crippen molar-refractivity contribution in [1.29, 1.82) is 0 Å². The van der Waals surface area contributed by atoms with E-state index in [1.54, 1.807) is 34.3 Å². The lowest BCUT2D eigenvalue weighted by atomic mass is 9.96. The molecule has 1 fully saturated rings. The molecule has 1 atom stereocenters. The Kier molecular flexibility index (Phi) is 5.90. The molecule has 1 aromatic carbocycles. The summed E-state index contributed by atoms with van der Waals surface area (Å²) in [5, 5.41) is 0. The van der Waals surface area contributed by atoms with Crippen LogP contribution in [-0.4, -0.2) is 62.0 Å². The predicted molar refractivity (Wildman–Crippen MR) is 125 cm³/mol. The van der Waals surface area contributed by atoms with Crippen LogP contribution in [0.5, 0.6) is 0 Å². The summed E-state index contributed by atoms with van der Waals surface area (Å²) in [6, 6.07) is 4.26. The van der Waals surface area contributed by atoms with E-state index in [1.807, 2.05) is 21.0 Å². The Morgan fingerprint density at radius 2 is 1.84 bits per heavy atom. The highest BCUT2D eigenvalue weighted by Gasteiger charge is 2.25. The molecule has 3 heterocycles. The fraction of sp³-hybridized carbons (Fsp3) is 0.500. The summed E-state index contributed by atoms with van der Waals surface area (Å²) in [6.07, 6.45) is 3.80. The zero-order valence-electron chi connectivity index (χ0n) is 19.8. The topological polar surface area (TPSA) is 76.3 Å². The molecule has 2 aromatic heterocycles. The highest BCUT2D eigenvalue weighted by atomic mass is 16.2. The Hall–Kier alpha value is -3.00. The fourth-order valence-corrected chi connectivity index (χ4v) is 4.65. The molecule has 1 aliphatic rings. The molecule has 0 unspecified atom stereocenters. The van der Waals surface area contributed by atoms with Gasteiger partial charge in [-0.2, -0.15) is 0 Å². The first-order chi connectivity index (χ1) is 15.2. The SMILES string of the molecule is Cc1cc2c(cc1CN1CCC[C@H](c3ncc(C(=O)N(C)C)c(C)n3)C1)n(C)c(=O)n2C. The van der Waals surface area contributed by atoms with Crippen molar-refractivity contribution in [2.75, 3.05) is 27.2 Å². The zero-order valence-corrected chi connectivity index (χ0v) is 19.8. The van der Waals surface area contributed by atoms with Crippen LogP contribution in [0, 0.1) is 13.8 Å². The number of likely N-dealkylation sites (tertiary alicyclic amines) is 1. The second-order valence-corrected chi connectivity index (χ2v) is 9.17. The molecule has 32 heavy (non-hydrogen) atoms.